The highest BCUT2D eigenvalue weighted by Crippen LogP contribution is 2.11. The van der Waals surface area contributed by atoms with E-state index in [0.717, 1.165) is 32.1 Å². The van der Waals surface area contributed by atoms with E-state index >= 15 is 0 Å². The summed E-state index contributed by atoms with van der Waals surface area (Å²) in [5.41, 5.74) is 1.32. The Morgan fingerprint density at radius 2 is 2.41 bits per heavy atom. The molecule has 2 rings (SSSR count). The summed E-state index contributed by atoms with van der Waals surface area (Å²) in [6.07, 6.45) is 5.08. The number of hydrogen-bond acceptors (Lipinski definition) is 3. The lowest BCUT2D eigenvalue weighted by molar-refractivity contribution is 0.179. The van der Waals surface area contributed by atoms with Crippen molar-refractivity contribution < 1.29 is 0 Å². The maximum atomic E-state index is 4.18. The maximum absolute atomic E-state index is 4.18. The molecular weight excluding hydrogens is 210 g/mol. The van der Waals surface area contributed by atoms with Crippen molar-refractivity contribution in [3.63, 3.8) is 0 Å². The van der Waals surface area contributed by atoms with E-state index in [0.29, 0.717) is 6.04 Å². The van der Waals surface area contributed by atoms with Gasteiger partial charge in [0, 0.05) is 44.6 Å². The van der Waals surface area contributed by atoms with Crippen LogP contribution in [0.25, 0.3) is 0 Å². The summed E-state index contributed by atoms with van der Waals surface area (Å²) in [4.78, 5) is 6.70. The van der Waals surface area contributed by atoms with Crippen molar-refractivity contribution >= 4 is 0 Å². The normalized spacial score (nSPS) is 21.9. The smallest absolute Gasteiger partial charge is 0.0312 e. The molecule has 0 bridgehead atoms. The minimum Gasteiger partial charge on any atom is -0.311 e. The van der Waals surface area contributed by atoms with Crippen LogP contribution in [0.4, 0.5) is 0 Å². The molecular formula is C14H23N3. The van der Waals surface area contributed by atoms with Gasteiger partial charge in [-0.2, -0.15) is 0 Å². The van der Waals surface area contributed by atoms with Crippen LogP contribution in [0, 0.1) is 5.92 Å². The highest BCUT2D eigenvalue weighted by atomic mass is 15.2. The maximum Gasteiger partial charge on any atom is 0.0312 e. The third-order valence-corrected chi connectivity index (χ3v) is 3.22. The zero-order valence-corrected chi connectivity index (χ0v) is 10.9. The van der Waals surface area contributed by atoms with Gasteiger partial charge in [0.15, 0.2) is 0 Å². The summed E-state index contributed by atoms with van der Waals surface area (Å²) in [6, 6.07) is 4.83. The number of piperazine rings is 1. The molecule has 1 aliphatic heterocycles. The molecule has 3 nitrogen and oxygen atoms in total. The van der Waals surface area contributed by atoms with Crippen molar-refractivity contribution in [3.8, 4) is 0 Å². The summed E-state index contributed by atoms with van der Waals surface area (Å²) in [7, 11) is 0. The van der Waals surface area contributed by atoms with Gasteiger partial charge in [0.2, 0.25) is 0 Å². The molecule has 3 heteroatoms. The molecule has 1 saturated heterocycles. The average molecular weight is 233 g/mol. The standard InChI is InChI=1S/C14H23N3/c1-12(2)8-14-11-17(7-6-16-14)10-13-4-3-5-15-9-13/h3-5,9,12,14,16H,6-8,10-11H2,1-2H3. The van der Waals surface area contributed by atoms with Crippen LogP contribution < -0.4 is 5.32 Å². The summed E-state index contributed by atoms with van der Waals surface area (Å²) >= 11 is 0. The molecule has 1 fully saturated rings. The van der Waals surface area contributed by atoms with E-state index in [1.807, 2.05) is 18.5 Å². The molecule has 1 N–H and O–H groups in total. The Kier molecular flexibility index (Phi) is 4.51. The van der Waals surface area contributed by atoms with Crippen LogP contribution in [0.2, 0.25) is 0 Å². The molecule has 1 aromatic heterocycles. The van der Waals surface area contributed by atoms with Crippen molar-refractivity contribution in [1.29, 1.82) is 0 Å². The average Bonchev–Trinajstić information content (AvgIpc) is 2.30. The van der Waals surface area contributed by atoms with Crippen molar-refractivity contribution in [2.45, 2.75) is 32.9 Å². The number of rotatable bonds is 4. The first-order valence-electron chi connectivity index (χ1n) is 6.58. The zero-order chi connectivity index (χ0) is 12.1. The summed E-state index contributed by atoms with van der Waals surface area (Å²) < 4.78 is 0. The van der Waals surface area contributed by atoms with E-state index in [9.17, 15) is 0 Å². The second-order valence-corrected chi connectivity index (χ2v) is 5.38. The number of nitrogens with one attached hydrogen (secondary N) is 1. The predicted molar refractivity (Wildman–Crippen MR) is 70.8 cm³/mol. The second kappa shape index (κ2) is 6.12. The molecule has 17 heavy (non-hydrogen) atoms. The molecule has 94 valence electrons. The van der Waals surface area contributed by atoms with Crippen LogP contribution in [0.3, 0.4) is 0 Å². The fraction of sp³-hybridized carbons (Fsp3) is 0.643. The van der Waals surface area contributed by atoms with Crippen molar-refractivity contribution in [3.05, 3.63) is 30.1 Å². The van der Waals surface area contributed by atoms with E-state index in [2.05, 4.69) is 35.1 Å². The lowest BCUT2D eigenvalue weighted by Crippen LogP contribution is -2.50. The van der Waals surface area contributed by atoms with Gasteiger partial charge in [-0.3, -0.25) is 9.88 Å². The van der Waals surface area contributed by atoms with Crippen molar-refractivity contribution in [2.75, 3.05) is 19.6 Å². The van der Waals surface area contributed by atoms with Gasteiger partial charge in [0.1, 0.15) is 0 Å². The first-order valence-corrected chi connectivity index (χ1v) is 6.58. The highest BCUT2D eigenvalue weighted by molar-refractivity contribution is 5.08. The summed E-state index contributed by atoms with van der Waals surface area (Å²) in [5.74, 6) is 0.769. The topological polar surface area (TPSA) is 28.2 Å². The molecule has 0 aliphatic carbocycles. The molecule has 1 aromatic rings. The van der Waals surface area contributed by atoms with Gasteiger partial charge in [-0.25, -0.2) is 0 Å². The Morgan fingerprint density at radius 1 is 1.53 bits per heavy atom. The quantitative estimate of drug-likeness (QED) is 0.861. The Bertz CT molecular complexity index is 323. The van der Waals surface area contributed by atoms with E-state index in [-0.39, 0.29) is 0 Å². The molecule has 0 saturated carbocycles. The van der Waals surface area contributed by atoms with Gasteiger partial charge in [-0.05, 0) is 24.0 Å². The molecule has 0 radical (unpaired) electrons. The molecule has 1 unspecified atom stereocenters. The summed E-state index contributed by atoms with van der Waals surface area (Å²) in [5, 5.41) is 3.61. The predicted octanol–water partition coefficient (Wildman–Crippen LogP) is 1.90. The van der Waals surface area contributed by atoms with Crippen molar-refractivity contribution in [1.82, 2.24) is 15.2 Å². The third-order valence-electron chi connectivity index (χ3n) is 3.22. The van der Waals surface area contributed by atoms with Crippen LogP contribution >= 0.6 is 0 Å². The van der Waals surface area contributed by atoms with Gasteiger partial charge in [0.05, 0.1) is 0 Å². The minimum atomic E-state index is 0.653. The van der Waals surface area contributed by atoms with E-state index in [1.165, 1.54) is 12.0 Å². The van der Waals surface area contributed by atoms with Gasteiger partial charge in [-0.15, -0.1) is 0 Å². The molecule has 0 aromatic carbocycles. The molecule has 2 heterocycles. The Labute approximate surface area is 104 Å². The Balaban J connectivity index is 1.85. The van der Waals surface area contributed by atoms with E-state index < -0.39 is 0 Å². The largest absolute Gasteiger partial charge is 0.311 e. The fourth-order valence-corrected chi connectivity index (χ4v) is 2.51. The van der Waals surface area contributed by atoms with Crippen molar-refractivity contribution in [2.24, 2.45) is 5.92 Å². The minimum absolute atomic E-state index is 0.653. The van der Waals surface area contributed by atoms with Crippen LogP contribution in [0.1, 0.15) is 25.8 Å². The second-order valence-electron chi connectivity index (χ2n) is 5.38. The zero-order valence-electron chi connectivity index (χ0n) is 10.9. The van der Waals surface area contributed by atoms with Gasteiger partial charge >= 0.3 is 0 Å². The molecule has 0 spiro atoms. The van der Waals surface area contributed by atoms with E-state index in [1.54, 1.807) is 0 Å². The van der Waals surface area contributed by atoms with Crippen LogP contribution in [0.15, 0.2) is 24.5 Å². The van der Waals surface area contributed by atoms with Crippen LogP contribution in [-0.2, 0) is 6.54 Å². The number of nitrogens with zero attached hydrogens (tertiary/aromatic N) is 2. The summed E-state index contributed by atoms with van der Waals surface area (Å²) in [6.45, 7) is 9.03. The van der Waals surface area contributed by atoms with Gasteiger partial charge in [-0.1, -0.05) is 19.9 Å². The number of pyridine rings is 1. The molecule has 1 aliphatic rings. The third kappa shape index (κ3) is 4.10. The Morgan fingerprint density at radius 3 is 3.12 bits per heavy atom. The SMILES string of the molecule is CC(C)CC1CN(Cc2cccnc2)CCN1. The first-order chi connectivity index (χ1) is 8.24. The monoisotopic (exact) mass is 233 g/mol. The van der Waals surface area contributed by atoms with E-state index in [4.69, 9.17) is 0 Å². The number of aromatic nitrogens is 1. The molecule has 0 amide bonds. The first kappa shape index (κ1) is 12.5. The van der Waals surface area contributed by atoms with Gasteiger partial charge in [0.25, 0.3) is 0 Å². The number of hydrogen-bond donors (Lipinski definition) is 1. The highest BCUT2D eigenvalue weighted by Gasteiger charge is 2.19. The lowest BCUT2D eigenvalue weighted by atomic mass is 10.0. The van der Waals surface area contributed by atoms with Crippen LogP contribution in [0.5, 0.6) is 0 Å². The van der Waals surface area contributed by atoms with Crippen LogP contribution in [-0.4, -0.2) is 35.6 Å². The molecule has 1 atom stereocenters. The lowest BCUT2D eigenvalue weighted by Gasteiger charge is -2.34. The fourth-order valence-electron chi connectivity index (χ4n) is 2.51. The Hall–Kier alpha value is -0.930. The van der Waals surface area contributed by atoms with Gasteiger partial charge < -0.3 is 5.32 Å².